The van der Waals surface area contributed by atoms with Gasteiger partial charge in [0.1, 0.15) is 11.6 Å². The molecule has 0 radical (unpaired) electrons. The molecule has 1 aliphatic rings. The van der Waals surface area contributed by atoms with Crippen LogP contribution in [0.5, 0.6) is 0 Å². The number of halogens is 1. The number of fused-ring (bicyclic) bond motifs is 1. The number of piperazine rings is 1. The minimum Gasteiger partial charge on any atom is -0.310 e. The Balaban J connectivity index is 1.57. The number of anilines is 1. The number of H-pyrrole nitrogens is 1. The summed E-state index contributed by atoms with van der Waals surface area (Å²) in [6.07, 6.45) is 2.18. The predicted molar refractivity (Wildman–Crippen MR) is 120 cm³/mol. The predicted octanol–water partition coefficient (Wildman–Crippen LogP) is 1.99. The lowest BCUT2D eigenvalue weighted by atomic mass is 10.1. The maximum atomic E-state index is 12.6. The van der Waals surface area contributed by atoms with E-state index in [0.717, 1.165) is 50.4 Å². The summed E-state index contributed by atoms with van der Waals surface area (Å²) in [6.45, 7) is 8.19. The van der Waals surface area contributed by atoms with E-state index in [1.165, 1.54) is 0 Å². The minimum atomic E-state index is -0.187. The van der Waals surface area contributed by atoms with E-state index < -0.39 is 0 Å². The van der Waals surface area contributed by atoms with E-state index in [1.807, 2.05) is 12.1 Å². The molecule has 1 saturated heterocycles. The van der Waals surface area contributed by atoms with Crippen LogP contribution in [0.15, 0.2) is 35.3 Å². The second-order valence-electron chi connectivity index (χ2n) is 7.56. The van der Waals surface area contributed by atoms with Crippen LogP contribution in [0.4, 0.5) is 5.82 Å². The second-order valence-corrected chi connectivity index (χ2v) is 7.96. The maximum absolute atomic E-state index is 12.6. The molecule has 4 N–H and O–H groups in total. The van der Waals surface area contributed by atoms with Gasteiger partial charge in [-0.25, -0.2) is 15.8 Å². The van der Waals surface area contributed by atoms with Crippen LogP contribution in [0.25, 0.3) is 10.9 Å². The van der Waals surface area contributed by atoms with Crippen molar-refractivity contribution in [1.82, 2.24) is 24.8 Å². The number of nitrogens with zero attached hydrogens (tertiary/aromatic N) is 4. The van der Waals surface area contributed by atoms with Crippen LogP contribution in [0, 0.1) is 0 Å². The van der Waals surface area contributed by atoms with Gasteiger partial charge in [0, 0.05) is 50.4 Å². The van der Waals surface area contributed by atoms with Crippen molar-refractivity contribution in [2.24, 2.45) is 5.84 Å². The molecule has 0 saturated carbocycles. The number of pyridine rings is 1. The highest BCUT2D eigenvalue weighted by Crippen LogP contribution is 2.23. The number of hydrogen-bond acceptors (Lipinski definition) is 7. The zero-order valence-electron chi connectivity index (χ0n) is 17.0. The minimum absolute atomic E-state index is 0.187. The molecule has 0 aliphatic carbocycles. The van der Waals surface area contributed by atoms with Crippen LogP contribution in [-0.4, -0.2) is 57.5 Å². The summed E-state index contributed by atoms with van der Waals surface area (Å²) < 4.78 is 0. The van der Waals surface area contributed by atoms with Crippen molar-refractivity contribution < 1.29 is 0 Å². The first kappa shape index (κ1) is 20.7. The third-order valence-corrected chi connectivity index (χ3v) is 5.92. The summed E-state index contributed by atoms with van der Waals surface area (Å²) in [5.74, 6) is 6.52. The van der Waals surface area contributed by atoms with Gasteiger partial charge in [0.2, 0.25) is 0 Å². The van der Waals surface area contributed by atoms with Crippen molar-refractivity contribution in [2.45, 2.75) is 19.9 Å². The largest absolute Gasteiger partial charge is 0.310 e. The van der Waals surface area contributed by atoms with Gasteiger partial charge in [0.25, 0.3) is 5.56 Å². The molecule has 1 aliphatic heterocycles. The van der Waals surface area contributed by atoms with E-state index in [9.17, 15) is 4.79 Å². The van der Waals surface area contributed by atoms with Gasteiger partial charge in [-0.05, 0) is 35.9 Å². The molecule has 2 aromatic heterocycles. The van der Waals surface area contributed by atoms with Crippen molar-refractivity contribution in [3.05, 3.63) is 62.8 Å². The number of aromatic amines is 1. The molecule has 0 atom stereocenters. The van der Waals surface area contributed by atoms with Gasteiger partial charge in [-0.2, -0.15) is 0 Å². The molecule has 1 aromatic carbocycles. The summed E-state index contributed by atoms with van der Waals surface area (Å²) >= 11 is 6.51. The highest BCUT2D eigenvalue weighted by atomic mass is 35.5. The number of rotatable bonds is 6. The van der Waals surface area contributed by atoms with Crippen molar-refractivity contribution in [2.75, 3.05) is 38.1 Å². The number of hydrogen-bond donors (Lipinski definition) is 3. The molecule has 8 nitrogen and oxygen atoms in total. The van der Waals surface area contributed by atoms with E-state index >= 15 is 0 Å². The Labute approximate surface area is 180 Å². The average Bonchev–Trinajstić information content (AvgIpc) is 2.76. The Morgan fingerprint density at radius 3 is 2.63 bits per heavy atom. The monoisotopic (exact) mass is 427 g/mol. The lowest BCUT2D eigenvalue weighted by molar-refractivity contribution is 0.132. The number of nitrogens with two attached hydrogens (primary N) is 1. The zero-order valence-corrected chi connectivity index (χ0v) is 17.7. The van der Waals surface area contributed by atoms with Crippen LogP contribution in [0.2, 0.25) is 5.02 Å². The molecule has 158 valence electrons. The first-order chi connectivity index (χ1) is 14.6. The molecule has 0 unspecified atom stereocenters. The molecule has 3 aromatic rings. The van der Waals surface area contributed by atoms with E-state index in [1.54, 1.807) is 18.3 Å². The Morgan fingerprint density at radius 2 is 1.97 bits per heavy atom. The van der Waals surface area contributed by atoms with Gasteiger partial charge >= 0.3 is 0 Å². The third kappa shape index (κ3) is 4.62. The summed E-state index contributed by atoms with van der Waals surface area (Å²) in [4.78, 5) is 29.2. The highest BCUT2D eigenvalue weighted by Gasteiger charge is 2.17. The zero-order chi connectivity index (χ0) is 21.1. The van der Waals surface area contributed by atoms with Crippen LogP contribution in [0.3, 0.4) is 0 Å². The summed E-state index contributed by atoms with van der Waals surface area (Å²) in [6, 6.07) is 7.36. The molecular formula is C21H26ClN7O. The van der Waals surface area contributed by atoms with Gasteiger partial charge in [0.15, 0.2) is 0 Å². The first-order valence-electron chi connectivity index (χ1n) is 10.1. The number of benzene rings is 1. The fourth-order valence-corrected chi connectivity index (χ4v) is 3.99. The standard InChI is InChI=1S/C21H26ClN7O/c1-2-28-5-7-29(8-6-28)13-15-10-18-16(11-17(15)22)21(30)26-20(25-18)9-14-3-4-19(27-23)24-12-14/h3-4,10-12H,2,5-9,13,23H2,1H3,(H,24,27)(H,25,26,30). The Kier molecular flexibility index (Phi) is 6.29. The van der Waals surface area contributed by atoms with Crippen molar-refractivity contribution >= 4 is 28.3 Å². The molecule has 3 heterocycles. The van der Waals surface area contributed by atoms with Crippen molar-refractivity contribution in [1.29, 1.82) is 0 Å². The van der Waals surface area contributed by atoms with Gasteiger partial charge in [-0.15, -0.1) is 0 Å². The molecular weight excluding hydrogens is 402 g/mol. The lowest BCUT2D eigenvalue weighted by Gasteiger charge is -2.34. The van der Waals surface area contributed by atoms with Gasteiger partial charge in [-0.3, -0.25) is 9.69 Å². The maximum Gasteiger partial charge on any atom is 0.258 e. The molecule has 0 spiro atoms. The molecule has 0 amide bonds. The Hall–Kier alpha value is -2.52. The second kappa shape index (κ2) is 9.09. The summed E-state index contributed by atoms with van der Waals surface area (Å²) in [7, 11) is 0. The van der Waals surface area contributed by atoms with Gasteiger partial charge in [-0.1, -0.05) is 24.6 Å². The van der Waals surface area contributed by atoms with Crippen LogP contribution < -0.4 is 16.8 Å². The third-order valence-electron chi connectivity index (χ3n) is 5.57. The number of aromatic nitrogens is 3. The van der Waals surface area contributed by atoms with Crippen molar-refractivity contribution in [3.8, 4) is 0 Å². The number of nitrogen functional groups attached to an aromatic ring is 1. The van der Waals surface area contributed by atoms with Crippen LogP contribution in [-0.2, 0) is 13.0 Å². The highest BCUT2D eigenvalue weighted by molar-refractivity contribution is 6.32. The Morgan fingerprint density at radius 1 is 1.20 bits per heavy atom. The topological polar surface area (TPSA) is 103 Å². The molecule has 30 heavy (non-hydrogen) atoms. The Bertz CT molecular complexity index is 1080. The van der Waals surface area contributed by atoms with Crippen LogP contribution in [0.1, 0.15) is 23.9 Å². The van der Waals surface area contributed by atoms with Gasteiger partial charge in [0.05, 0.1) is 10.9 Å². The summed E-state index contributed by atoms with van der Waals surface area (Å²) in [5, 5.41) is 1.11. The summed E-state index contributed by atoms with van der Waals surface area (Å²) in [5.41, 5.74) is 4.90. The molecule has 9 heteroatoms. The van der Waals surface area contributed by atoms with E-state index in [-0.39, 0.29) is 5.56 Å². The average molecular weight is 428 g/mol. The SMILES string of the molecule is CCN1CCN(Cc2cc3nc(Cc4ccc(NN)nc4)[nH]c(=O)c3cc2Cl)CC1. The van der Waals surface area contributed by atoms with Gasteiger partial charge < -0.3 is 15.3 Å². The smallest absolute Gasteiger partial charge is 0.258 e. The fourth-order valence-electron chi connectivity index (χ4n) is 3.77. The fraction of sp³-hybridized carbons (Fsp3) is 0.381. The number of hydrazine groups is 1. The number of nitrogens with one attached hydrogen (secondary N) is 2. The van der Waals surface area contributed by atoms with E-state index in [2.05, 4.69) is 37.1 Å². The first-order valence-corrected chi connectivity index (χ1v) is 10.5. The van der Waals surface area contributed by atoms with Crippen molar-refractivity contribution in [3.63, 3.8) is 0 Å². The van der Waals surface area contributed by atoms with E-state index in [0.29, 0.717) is 34.0 Å². The van der Waals surface area contributed by atoms with E-state index in [4.69, 9.17) is 17.4 Å². The molecule has 1 fully saturated rings. The van der Waals surface area contributed by atoms with Crippen LogP contribution >= 0.6 is 11.6 Å². The number of likely N-dealkylation sites (N-methyl/N-ethyl adjacent to an activating group) is 1. The molecule has 4 rings (SSSR count). The quantitative estimate of drug-likeness (QED) is 0.408. The lowest BCUT2D eigenvalue weighted by Crippen LogP contribution is -2.45. The normalized spacial score (nSPS) is 15.6. The molecule has 0 bridgehead atoms.